The van der Waals surface area contributed by atoms with Crippen LogP contribution in [-0.4, -0.2) is 194 Å². The van der Waals surface area contributed by atoms with Crippen LogP contribution in [0.1, 0.15) is 101 Å². The van der Waals surface area contributed by atoms with Gasteiger partial charge in [-0.05, 0) is 66.3 Å². The Morgan fingerprint density at radius 3 is 0.889 bits per heavy atom. The van der Waals surface area contributed by atoms with Gasteiger partial charge in [-0.25, -0.2) is 0 Å². The second kappa shape index (κ2) is 29.6. The molecule has 10 rings (SSSR count). The zero-order valence-electron chi connectivity index (χ0n) is 35.4. The Kier molecular flexibility index (Phi) is 27.7. The number of nitrogens with zero attached hydrogens (tertiary/aromatic N) is 3. The minimum absolute atomic E-state index is 0. The SMILES string of the molecule is C.C.C.C.C.CN1CC[C@@H]2OCC(=O)C[C@H]2C1.CN1CC[C@H]2OCC(=O)C[C@@H]2C1.CN1CC[C@H]2OCC(=O)C[C@@H]2C1.O=C1CO[C@@H]2CCNC[C@H]2C1.O=C1CO[C@H]2CCNC[C@@H]2C1. The Morgan fingerprint density at radius 1 is 0.381 bits per heavy atom. The summed E-state index contributed by atoms with van der Waals surface area (Å²) in [6.07, 6.45) is 10.8. The first kappa shape index (κ1) is 59.0. The largest absolute Gasteiger partial charge is 0.370 e. The van der Waals surface area contributed by atoms with E-state index in [0.717, 1.165) is 130 Å². The number of carbonyl (C=O) groups is 5. The molecule has 0 unspecified atom stereocenters. The fourth-order valence-corrected chi connectivity index (χ4v) is 10.2. The van der Waals surface area contributed by atoms with E-state index < -0.39 is 0 Å². The van der Waals surface area contributed by atoms with Gasteiger partial charge in [0.2, 0.25) is 0 Å². The molecule has 63 heavy (non-hydrogen) atoms. The van der Waals surface area contributed by atoms with Crippen molar-refractivity contribution in [3.8, 4) is 0 Å². The van der Waals surface area contributed by atoms with E-state index in [9.17, 15) is 24.0 Å². The zero-order valence-corrected chi connectivity index (χ0v) is 35.4. The number of ether oxygens (including phenoxy) is 5. The number of piperidine rings is 5. The minimum atomic E-state index is 0. The highest BCUT2D eigenvalue weighted by molar-refractivity contribution is 5.82. The summed E-state index contributed by atoms with van der Waals surface area (Å²) in [6, 6.07) is 0. The Bertz CT molecular complexity index is 1250. The second-order valence-corrected chi connectivity index (χ2v) is 18.4. The van der Waals surface area contributed by atoms with E-state index in [1.54, 1.807) is 0 Å². The lowest BCUT2D eigenvalue weighted by atomic mass is 9.88. The Hall–Kier alpha value is -2.05. The van der Waals surface area contributed by atoms with Crippen molar-refractivity contribution >= 4 is 28.9 Å². The predicted octanol–water partition coefficient (Wildman–Crippen LogP) is 3.98. The minimum Gasteiger partial charge on any atom is -0.370 e. The topological polar surface area (TPSA) is 165 Å². The van der Waals surface area contributed by atoms with E-state index in [0.29, 0.717) is 93.1 Å². The molecule has 0 amide bonds. The summed E-state index contributed by atoms with van der Waals surface area (Å²) in [7, 11) is 6.32. The van der Waals surface area contributed by atoms with Gasteiger partial charge in [0.15, 0.2) is 28.9 Å². The van der Waals surface area contributed by atoms with Crippen LogP contribution in [0.25, 0.3) is 0 Å². The fraction of sp³-hybridized carbons (Fsp3) is 0.896. The van der Waals surface area contributed by atoms with Crippen LogP contribution in [-0.2, 0) is 47.7 Å². The molecule has 0 aromatic rings. The van der Waals surface area contributed by atoms with Crippen molar-refractivity contribution in [2.24, 2.45) is 29.6 Å². The summed E-state index contributed by atoms with van der Waals surface area (Å²) >= 11 is 0. The summed E-state index contributed by atoms with van der Waals surface area (Å²) in [6.45, 7) is 12.1. The zero-order chi connectivity index (χ0) is 41.0. The molecule has 10 saturated heterocycles. The molecule has 0 aromatic carbocycles. The average Bonchev–Trinajstić information content (AvgIpc) is 3.21. The molecular weight excluding hydrogens is 807 g/mol. The summed E-state index contributed by atoms with van der Waals surface area (Å²) in [4.78, 5) is 62.0. The summed E-state index contributed by atoms with van der Waals surface area (Å²) < 4.78 is 27.2. The molecule has 368 valence electrons. The van der Waals surface area contributed by atoms with Crippen LogP contribution in [0.2, 0.25) is 0 Å². The van der Waals surface area contributed by atoms with Crippen LogP contribution in [0.5, 0.6) is 0 Å². The fourth-order valence-electron chi connectivity index (χ4n) is 10.2. The Labute approximate surface area is 382 Å². The molecule has 10 aliphatic heterocycles. The molecule has 0 aliphatic carbocycles. The molecular formula is C48H91N5O10. The number of carbonyl (C=O) groups excluding carboxylic acids is 5. The van der Waals surface area contributed by atoms with Gasteiger partial charge in [0.25, 0.3) is 0 Å². The van der Waals surface area contributed by atoms with Crippen LogP contribution in [0.15, 0.2) is 0 Å². The van der Waals surface area contributed by atoms with Crippen LogP contribution in [0.4, 0.5) is 0 Å². The van der Waals surface area contributed by atoms with Gasteiger partial charge in [-0.2, -0.15) is 0 Å². The van der Waals surface area contributed by atoms with Gasteiger partial charge < -0.3 is 49.0 Å². The number of fused-ring (bicyclic) bond motifs is 5. The second-order valence-electron chi connectivity index (χ2n) is 18.4. The van der Waals surface area contributed by atoms with E-state index >= 15 is 0 Å². The average molecular weight is 898 g/mol. The molecule has 10 heterocycles. The third kappa shape index (κ3) is 18.6. The highest BCUT2D eigenvalue weighted by atomic mass is 16.5. The molecule has 15 nitrogen and oxygen atoms in total. The third-order valence-electron chi connectivity index (χ3n) is 13.4. The van der Waals surface area contributed by atoms with Crippen LogP contribution in [0.3, 0.4) is 0 Å². The molecule has 0 aromatic heterocycles. The molecule has 2 N–H and O–H groups in total. The van der Waals surface area contributed by atoms with Crippen molar-refractivity contribution in [1.29, 1.82) is 0 Å². The van der Waals surface area contributed by atoms with Crippen molar-refractivity contribution in [3.63, 3.8) is 0 Å². The van der Waals surface area contributed by atoms with Gasteiger partial charge >= 0.3 is 0 Å². The predicted molar refractivity (Wildman–Crippen MR) is 249 cm³/mol. The number of ketones is 5. The monoisotopic (exact) mass is 898 g/mol. The molecule has 0 spiro atoms. The summed E-state index contributed by atoms with van der Waals surface area (Å²) in [5.74, 6) is 3.62. The van der Waals surface area contributed by atoms with E-state index in [2.05, 4.69) is 46.5 Å². The van der Waals surface area contributed by atoms with Gasteiger partial charge in [-0.1, -0.05) is 37.1 Å². The maximum absolute atomic E-state index is 11.1. The van der Waals surface area contributed by atoms with Crippen LogP contribution >= 0.6 is 0 Å². The Balaban J connectivity index is 0.000000386. The normalized spacial score (nSPS) is 35.1. The van der Waals surface area contributed by atoms with Crippen molar-refractivity contribution < 1.29 is 47.7 Å². The highest BCUT2D eigenvalue weighted by Gasteiger charge is 2.37. The van der Waals surface area contributed by atoms with Gasteiger partial charge in [0, 0.05) is 114 Å². The lowest BCUT2D eigenvalue weighted by Crippen LogP contribution is -2.46. The Morgan fingerprint density at radius 2 is 0.619 bits per heavy atom. The van der Waals surface area contributed by atoms with Crippen LogP contribution < -0.4 is 10.6 Å². The lowest BCUT2D eigenvalue weighted by molar-refractivity contribution is -0.140. The molecule has 0 saturated carbocycles. The summed E-state index contributed by atoms with van der Waals surface area (Å²) in [5.41, 5.74) is 0. The molecule has 0 bridgehead atoms. The van der Waals surface area contributed by atoms with Crippen molar-refractivity contribution in [1.82, 2.24) is 25.3 Å². The number of hydrogen-bond donors (Lipinski definition) is 2. The molecule has 0 radical (unpaired) electrons. The lowest BCUT2D eigenvalue weighted by Gasteiger charge is -2.38. The van der Waals surface area contributed by atoms with E-state index in [1.165, 1.54) is 0 Å². The standard InChI is InChI=1S/3C9H15NO2.2C8H13NO2.5CH4/c3*1-10-3-2-9-7(5-10)4-8(11)6-12-9;2*10-7-3-6-4-9-2-1-8(6)11-5-7;;;;;/h3*7,9H,2-6H2,1H3;2*6,8-9H,1-5H2;5*1H4/t3*7-,9-;2*6-,8-;;;;;/m11010...../s1. The quantitative estimate of drug-likeness (QED) is 0.359. The molecule has 10 aliphatic rings. The van der Waals surface area contributed by atoms with E-state index in [1.807, 2.05) is 0 Å². The number of nitrogens with one attached hydrogen (secondary N) is 2. The van der Waals surface area contributed by atoms with Gasteiger partial charge in [-0.3, -0.25) is 24.0 Å². The first-order chi connectivity index (χ1) is 28.0. The van der Waals surface area contributed by atoms with E-state index in [4.69, 9.17) is 23.7 Å². The third-order valence-corrected chi connectivity index (χ3v) is 13.4. The maximum Gasteiger partial charge on any atom is 0.158 e. The highest BCUT2D eigenvalue weighted by Crippen LogP contribution is 2.29. The van der Waals surface area contributed by atoms with Crippen molar-refractivity contribution in [2.45, 2.75) is 132 Å². The van der Waals surface area contributed by atoms with Crippen molar-refractivity contribution in [2.75, 3.05) is 120 Å². The van der Waals surface area contributed by atoms with Crippen molar-refractivity contribution in [3.05, 3.63) is 0 Å². The summed E-state index contributed by atoms with van der Waals surface area (Å²) in [5, 5.41) is 6.54. The smallest absolute Gasteiger partial charge is 0.158 e. The van der Waals surface area contributed by atoms with Crippen LogP contribution in [0, 0.1) is 29.6 Å². The number of rotatable bonds is 0. The number of Topliss-reactive ketones (excluding diaryl/α,β-unsaturated/α-hetero) is 5. The van der Waals surface area contributed by atoms with Gasteiger partial charge in [0.05, 0.1) is 30.5 Å². The van der Waals surface area contributed by atoms with Gasteiger partial charge in [-0.15, -0.1) is 0 Å². The molecule has 10 fully saturated rings. The maximum atomic E-state index is 11.1. The van der Waals surface area contributed by atoms with E-state index in [-0.39, 0.29) is 66.0 Å². The molecule has 15 heteroatoms. The van der Waals surface area contributed by atoms with Gasteiger partial charge in [0.1, 0.15) is 33.0 Å². The first-order valence-electron chi connectivity index (χ1n) is 22.1. The number of hydrogen-bond acceptors (Lipinski definition) is 15. The first-order valence-corrected chi connectivity index (χ1v) is 22.1. The number of likely N-dealkylation sites (tertiary alicyclic amines) is 3. The molecule has 10 atom stereocenters.